The van der Waals surface area contributed by atoms with E-state index in [0.717, 1.165) is 25.7 Å². The number of sulfonamides is 1. The third-order valence-corrected chi connectivity index (χ3v) is 7.82. The largest absolute Gasteiger partial charge is 0.495 e. The fourth-order valence-corrected chi connectivity index (χ4v) is 6.01. The third kappa shape index (κ3) is 4.52. The average molecular weight is 493 g/mol. The normalized spacial score (nSPS) is 20.5. The highest BCUT2D eigenvalue weighted by Gasteiger charge is 2.47. The van der Waals surface area contributed by atoms with E-state index >= 15 is 0 Å². The highest BCUT2D eigenvalue weighted by molar-refractivity contribution is 7.92. The number of carbonyl (C=O) groups is 2. The number of rotatable bonds is 7. The molecule has 2 unspecified atom stereocenters. The highest BCUT2D eigenvalue weighted by Crippen LogP contribution is 2.39. The Balaban J connectivity index is 1.64. The number of nitrogens with one attached hydrogen (secondary N) is 1. The van der Waals surface area contributed by atoms with E-state index in [1.807, 2.05) is 0 Å². The molecule has 1 aliphatic carbocycles. The first-order chi connectivity index (χ1) is 15.7. The van der Waals surface area contributed by atoms with E-state index in [9.17, 15) is 18.0 Å². The van der Waals surface area contributed by atoms with E-state index in [-0.39, 0.29) is 46.5 Å². The molecule has 2 aromatic carbocycles. The van der Waals surface area contributed by atoms with Crippen LogP contribution in [0.5, 0.6) is 11.5 Å². The van der Waals surface area contributed by atoms with E-state index in [1.165, 1.54) is 37.3 Å². The zero-order valence-corrected chi connectivity index (χ0v) is 19.9. The quantitative estimate of drug-likeness (QED) is 0.589. The van der Waals surface area contributed by atoms with E-state index in [2.05, 4.69) is 4.72 Å². The Morgan fingerprint density at radius 2 is 1.58 bits per heavy atom. The molecule has 33 heavy (non-hydrogen) atoms. The van der Waals surface area contributed by atoms with E-state index in [1.54, 1.807) is 18.2 Å². The second kappa shape index (κ2) is 9.23. The van der Waals surface area contributed by atoms with Gasteiger partial charge in [-0.2, -0.15) is 0 Å². The third-order valence-electron chi connectivity index (χ3n) is 6.20. The predicted molar refractivity (Wildman–Crippen MR) is 123 cm³/mol. The number of nitrogens with zero attached hydrogens (tertiary/aromatic N) is 1. The van der Waals surface area contributed by atoms with Crippen molar-refractivity contribution in [3.63, 3.8) is 0 Å². The Bertz CT molecular complexity index is 1180. The van der Waals surface area contributed by atoms with Gasteiger partial charge in [-0.1, -0.05) is 30.5 Å². The predicted octanol–water partition coefficient (Wildman–Crippen LogP) is 3.83. The minimum Gasteiger partial charge on any atom is -0.495 e. The van der Waals surface area contributed by atoms with Crippen molar-refractivity contribution >= 4 is 39.1 Å². The number of anilines is 1. The maximum absolute atomic E-state index is 13.2. The number of imide groups is 1. The molecule has 10 heteroatoms. The molecule has 2 aromatic rings. The number of amides is 2. The molecule has 1 aliphatic heterocycles. The zero-order valence-electron chi connectivity index (χ0n) is 18.3. The molecular weight excluding hydrogens is 468 g/mol. The summed E-state index contributed by atoms with van der Waals surface area (Å²) < 4.78 is 39.5. The van der Waals surface area contributed by atoms with E-state index in [0.29, 0.717) is 16.3 Å². The molecule has 176 valence electrons. The fraction of sp³-hybridized carbons (Fsp3) is 0.391. The van der Waals surface area contributed by atoms with Crippen LogP contribution in [0, 0.1) is 11.8 Å². The molecule has 8 nitrogen and oxygen atoms in total. The Morgan fingerprint density at radius 3 is 2.18 bits per heavy atom. The van der Waals surface area contributed by atoms with Crippen molar-refractivity contribution in [1.82, 2.24) is 4.90 Å². The molecule has 0 bridgehead atoms. The van der Waals surface area contributed by atoms with Crippen LogP contribution >= 0.6 is 11.6 Å². The Morgan fingerprint density at radius 1 is 0.970 bits per heavy atom. The average Bonchev–Trinajstić information content (AvgIpc) is 3.04. The van der Waals surface area contributed by atoms with Crippen molar-refractivity contribution in [3.8, 4) is 11.5 Å². The van der Waals surface area contributed by atoms with Crippen molar-refractivity contribution in [1.29, 1.82) is 0 Å². The summed E-state index contributed by atoms with van der Waals surface area (Å²) in [6.45, 7) is 0.0116. The summed E-state index contributed by atoms with van der Waals surface area (Å²) in [5, 5.41) is 0.335. The summed E-state index contributed by atoms with van der Waals surface area (Å²) in [7, 11) is -1.32. The van der Waals surface area contributed by atoms with Crippen LogP contribution in [0.1, 0.15) is 31.2 Å². The van der Waals surface area contributed by atoms with Crippen LogP contribution < -0.4 is 14.2 Å². The number of benzene rings is 2. The smallest absolute Gasteiger partial charge is 0.265 e. The SMILES string of the molecule is COc1ccc(Cl)cc1NS(=O)(=O)c1cc(CN2C(=O)C3CCCCC3C2=O)ccc1OC. The first-order valence-electron chi connectivity index (χ1n) is 10.6. The molecule has 1 saturated carbocycles. The van der Waals surface area contributed by atoms with Crippen LogP contribution in [-0.4, -0.2) is 39.4 Å². The Labute approximate surface area is 197 Å². The highest BCUT2D eigenvalue weighted by atomic mass is 35.5. The number of fused-ring (bicyclic) bond motifs is 1. The molecule has 0 radical (unpaired) electrons. The van der Waals surface area contributed by atoms with Gasteiger partial charge >= 0.3 is 0 Å². The lowest BCUT2D eigenvalue weighted by Crippen LogP contribution is -2.30. The van der Waals surface area contributed by atoms with E-state index in [4.69, 9.17) is 21.1 Å². The lowest BCUT2D eigenvalue weighted by Gasteiger charge is -2.19. The van der Waals surface area contributed by atoms with Crippen molar-refractivity contribution in [2.24, 2.45) is 11.8 Å². The molecule has 4 rings (SSSR count). The summed E-state index contributed by atoms with van der Waals surface area (Å²) in [5.41, 5.74) is 0.681. The van der Waals surface area contributed by atoms with Crippen molar-refractivity contribution in [3.05, 3.63) is 47.0 Å². The molecule has 2 fully saturated rings. The molecule has 0 aromatic heterocycles. The second-order valence-electron chi connectivity index (χ2n) is 8.20. The van der Waals surface area contributed by atoms with Crippen molar-refractivity contribution in [2.75, 3.05) is 18.9 Å². The first-order valence-corrected chi connectivity index (χ1v) is 12.5. The van der Waals surface area contributed by atoms with Crippen LogP contribution in [0.25, 0.3) is 0 Å². The van der Waals surface area contributed by atoms with Crippen molar-refractivity contribution < 1.29 is 27.5 Å². The molecule has 2 atom stereocenters. The number of hydrogen-bond acceptors (Lipinski definition) is 6. The summed E-state index contributed by atoms with van der Waals surface area (Å²) in [4.78, 5) is 26.8. The van der Waals surface area contributed by atoms with Gasteiger partial charge in [-0.05, 0) is 48.7 Å². The van der Waals surface area contributed by atoms with Gasteiger partial charge in [-0.15, -0.1) is 0 Å². The number of hydrogen-bond donors (Lipinski definition) is 1. The minimum atomic E-state index is -4.11. The molecular formula is C23H25ClN2O6S. The molecule has 2 amide bonds. The summed E-state index contributed by atoms with van der Waals surface area (Å²) in [6.07, 6.45) is 3.33. The molecule has 1 N–H and O–H groups in total. The van der Waals surface area contributed by atoms with Gasteiger partial charge in [0.1, 0.15) is 16.4 Å². The van der Waals surface area contributed by atoms with Gasteiger partial charge in [0.2, 0.25) is 11.8 Å². The molecule has 0 spiro atoms. The zero-order chi connectivity index (χ0) is 23.8. The van der Waals surface area contributed by atoms with Crippen LogP contribution in [0.3, 0.4) is 0 Å². The van der Waals surface area contributed by atoms with Crippen molar-refractivity contribution in [2.45, 2.75) is 37.1 Å². The van der Waals surface area contributed by atoms with Gasteiger partial charge in [0, 0.05) is 5.02 Å². The van der Waals surface area contributed by atoms with Crippen LogP contribution in [0.2, 0.25) is 5.02 Å². The number of carbonyl (C=O) groups excluding carboxylic acids is 2. The lowest BCUT2D eigenvalue weighted by molar-refractivity contribution is -0.140. The number of halogens is 1. The topological polar surface area (TPSA) is 102 Å². The second-order valence-corrected chi connectivity index (χ2v) is 10.3. The first kappa shape index (κ1) is 23.4. The lowest BCUT2D eigenvalue weighted by atomic mass is 9.81. The Hall–Kier alpha value is -2.78. The monoisotopic (exact) mass is 492 g/mol. The van der Waals surface area contributed by atoms with Crippen LogP contribution in [0.15, 0.2) is 41.3 Å². The Kier molecular flexibility index (Phi) is 6.54. The van der Waals surface area contributed by atoms with Gasteiger partial charge in [0.25, 0.3) is 10.0 Å². The summed E-state index contributed by atoms with van der Waals surface area (Å²) in [6, 6.07) is 9.16. The van der Waals surface area contributed by atoms with Crippen LogP contribution in [-0.2, 0) is 26.2 Å². The number of ether oxygens (including phenoxy) is 2. The van der Waals surface area contributed by atoms with Crippen LogP contribution in [0.4, 0.5) is 5.69 Å². The van der Waals surface area contributed by atoms with Gasteiger partial charge in [-0.3, -0.25) is 19.2 Å². The van der Waals surface area contributed by atoms with Gasteiger partial charge in [0.05, 0.1) is 38.3 Å². The van der Waals surface area contributed by atoms with E-state index < -0.39 is 10.0 Å². The number of likely N-dealkylation sites (tertiary alicyclic amines) is 1. The molecule has 2 aliphatic rings. The van der Waals surface area contributed by atoms with Gasteiger partial charge in [0.15, 0.2) is 0 Å². The molecule has 1 heterocycles. The summed E-state index contributed by atoms with van der Waals surface area (Å²) in [5.74, 6) is -0.443. The maximum Gasteiger partial charge on any atom is 0.265 e. The minimum absolute atomic E-state index is 0.0116. The summed E-state index contributed by atoms with van der Waals surface area (Å²) >= 11 is 6.02. The van der Waals surface area contributed by atoms with Gasteiger partial charge in [-0.25, -0.2) is 8.42 Å². The van der Waals surface area contributed by atoms with Gasteiger partial charge < -0.3 is 9.47 Å². The maximum atomic E-state index is 13.2. The molecule has 1 saturated heterocycles. The standard InChI is InChI=1S/C23H25ClN2O6S/c1-31-19-10-8-15(24)12-18(19)25-33(29,30)21-11-14(7-9-20(21)32-2)13-26-22(27)16-5-3-4-6-17(16)23(26)28/h7-12,16-17,25H,3-6,13H2,1-2H3. The number of methoxy groups -OCH3 is 2. The fourth-order valence-electron chi connectivity index (χ4n) is 4.56.